The minimum Gasteiger partial charge on any atom is -0.307 e. The summed E-state index contributed by atoms with van der Waals surface area (Å²) in [5.41, 5.74) is 9.49. The molecule has 1 aliphatic rings. The van der Waals surface area contributed by atoms with Gasteiger partial charge in [-0.1, -0.05) is 94.8 Å². The van der Waals surface area contributed by atoms with Gasteiger partial charge < -0.3 is 4.57 Å². The zero-order valence-corrected chi connectivity index (χ0v) is 22.8. The predicted octanol–water partition coefficient (Wildman–Crippen LogP) is 9.51. The molecule has 0 amide bonds. The lowest BCUT2D eigenvalue weighted by Gasteiger charge is -2.15. The number of nitrogens with zero attached hydrogens (tertiary/aromatic N) is 3. The summed E-state index contributed by atoms with van der Waals surface area (Å²) in [6.07, 6.45) is 6.61. The molecule has 3 aromatic heterocycles. The third-order valence-electron chi connectivity index (χ3n) is 7.84. The summed E-state index contributed by atoms with van der Waals surface area (Å²) in [5.74, 6) is 0.950. The van der Waals surface area contributed by atoms with E-state index in [0.29, 0.717) is 0 Å². The number of allylic oxidation sites excluding steroid dienone is 1. The molecule has 0 N–H and O–H groups in total. The van der Waals surface area contributed by atoms with Crippen LogP contribution in [0.2, 0.25) is 0 Å². The lowest BCUT2D eigenvalue weighted by atomic mass is 10.0. The lowest BCUT2D eigenvalue weighted by Crippen LogP contribution is -2.06. The van der Waals surface area contributed by atoms with Gasteiger partial charge in [-0.05, 0) is 55.3 Å². The first-order chi connectivity index (χ1) is 19.3. The van der Waals surface area contributed by atoms with Crippen LogP contribution in [0.3, 0.4) is 0 Å². The van der Waals surface area contributed by atoms with Gasteiger partial charge in [0.1, 0.15) is 5.82 Å². The van der Waals surface area contributed by atoms with Crippen LogP contribution < -0.4 is 0 Å². The second-order valence-electron chi connectivity index (χ2n) is 10.1. The molecule has 3 heterocycles. The van der Waals surface area contributed by atoms with E-state index >= 15 is 0 Å². The smallest absolute Gasteiger partial charge is 0.138 e. The van der Waals surface area contributed by atoms with Gasteiger partial charge in [0.05, 0.1) is 22.2 Å². The predicted molar refractivity (Wildman–Crippen MR) is 166 cm³/mol. The van der Waals surface area contributed by atoms with Gasteiger partial charge in [0, 0.05) is 43.1 Å². The number of benzene rings is 4. The molecule has 0 bridgehead atoms. The Morgan fingerprint density at radius 1 is 0.667 bits per heavy atom. The maximum Gasteiger partial charge on any atom is 0.138 e. The average Bonchev–Trinajstić information content (AvgIpc) is 3.51. The Kier molecular flexibility index (Phi) is 5.10. The zero-order chi connectivity index (χ0) is 25.9. The Bertz CT molecular complexity index is 2080. The molecule has 4 heteroatoms. The Labute approximate surface area is 234 Å². The van der Waals surface area contributed by atoms with Crippen molar-refractivity contribution < 1.29 is 0 Å². The highest BCUT2D eigenvalue weighted by Gasteiger charge is 2.24. The number of aromatic nitrogens is 3. The van der Waals surface area contributed by atoms with Crippen molar-refractivity contribution in [1.29, 1.82) is 0 Å². The standard InChI is InChI=1S/C35H24BrN3/c36-24-11-8-10-23(22-24)30-16-9-19-33(37-30)39-32-18-7-5-15-27(32)29-21-20-28-26-14-4-6-17-31(26)38(34(28)35(29)39)25-12-2-1-3-13-25/h1-6,8-17,19-22H,7,18H2. The molecule has 4 aromatic carbocycles. The van der Waals surface area contributed by atoms with Crippen molar-refractivity contribution in [3.05, 3.63) is 131 Å². The third kappa shape index (κ3) is 3.45. The molecule has 8 rings (SSSR count). The van der Waals surface area contributed by atoms with Crippen LogP contribution >= 0.6 is 15.9 Å². The van der Waals surface area contributed by atoms with E-state index in [2.05, 4.69) is 146 Å². The highest BCUT2D eigenvalue weighted by Crippen LogP contribution is 2.42. The Morgan fingerprint density at radius 2 is 1.46 bits per heavy atom. The molecule has 0 fully saturated rings. The largest absolute Gasteiger partial charge is 0.307 e. The maximum absolute atomic E-state index is 5.26. The summed E-state index contributed by atoms with van der Waals surface area (Å²) in [7, 11) is 0. The molecule has 0 atom stereocenters. The van der Waals surface area contributed by atoms with Crippen LogP contribution in [0, 0.1) is 0 Å². The number of para-hydroxylation sites is 2. The topological polar surface area (TPSA) is 22.8 Å². The highest BCUT2D eigenvalue weighted by molar-refractivity contribution is 9.10. The van der Waals surface area contributed by atoms with E-state index in [1.807, 2.05) is 0 Å². The molecule has 7 aromatic rings. The van der Waals surface area contributed by atoms with Crippen LogP contribution in [-0.2, 0) is 6.42 Å². The maximum atomic E-state index is 5.26. The fourth-order valence-electron chi connectivity index (χ4n) is 6.20. The Morgan fingerprint density at radius 3 is 2.36 bits per heavy atom. The van der Waals surface area contributed by atoms with E-state index in [-0.39, 0.29) is 0 Å². The van der Waals surface area contributed by atoms with Gasteiger partial charge in [-0.15, -0.1) is 0 Å². The second-order valence-corrected chi connectivity index (χ2v) is 11.0. The van der Waals surface area contributed by atoms with Gasteiger partial charge in [-0.25, -0.2) is 4.98 Å². The van der Waals surface area contributed by atoms with Crippen molar-refractivity contribution in [2.45, 2.75) is 12.8 Å². The minimum absolute atomic E-state index is 0.950. The van der Waals surface area contributed by atoms with Crippen LogP contribution in [0.25, 0.3) is 61.5 Å². The highest BCUT2D eigenvalue weighted by atomic mass is 79.9. The van der Waals surface area contributed by atoms with Crippen LogP contribution in [0.1, 0.15) is 17.7 Å². The molecular weight excluding hydrogens is 542 g/mol. The van der Waals surface area contributed by atoms with Gasteiger partial charge in [-0.3, -0.25) is 4.57 Å². The van der Waals surface area contributed by atoms with E-state index in [1.54, 1.807) is 0 Å². The molecule has 186 valence electrons. The first-order valence-electron chi connectivity index (χ1n) is 13.3. The summed E-state index contributed by atoms with van der Waals surface area (Å²) in [6, 6.07) is 38.8. The van der Waals surface area contributed by atoms with Crippen molar-refractivity contribution in [2.24, 2.45) is 0 Å². The summed E-state index contributed by atoms with van der Waals surface area (Å²) in [5, 5.41) is 3.78. The fourth-order valence-corrected chi connectivity index (χ4v) is 6.60. The molecule has 0 saturated carbocycles. The van der Waals surface area contributed by atoms with Crippen molar-refractivity contribution in [2.75, 3.05) is 0 Å². The molecule has 0 unspecified atom stereocenters. The van der Waals surface area contributed by atoms with E-state index in [1.165, 1.54) is 44.0 Å². The lowest BCUT2D eigenvalue weighted by molar-refractivity contribution is 0.872. The SMILES string of the molecule is Brc1cccc(-c2cccc(-n3c4c(c5ccc6c7ccccc7n(-c7ccccc7)c6c53)C=CCC4)n2)c1. The monoisotopic (exact) mass is 565 g/mol. The van der Waals surface area contributed by atoms with Crippen LogP contribution in [-0.4, -0.2) is 14.1 Å². The van der Waals surface area contributed by atoms with Gasteiger partial charge >= 0.3 is 0 Å². The molecule has 3 nitrogen and oxygen atoms in total. The number of fused-ring (bicyclic) bond motifs is 7. The number of pyridine rings is 1. The van der Waals surface area contributed by atoms with Crippen molar-refractivity contribution in [3.8, 4) is 22.8 Å². The fraction of sp³-hybridized carbons (Fsp3) is 0.0571. The van der Waals surface area contributed by atoms with Crippen molar-refractivity contribution in [3.63, 3.8) is 0 Å². The van der Waals surface area contributed by atoms with E-state index in [9.17, 15) is 0 Å². The molecular formula is C35H24BrN3. The van der Waals surface area contributed by atoms with Crippen molar-refractivity contribution in [1.82, 2.24) is 14.1 Å². The average molecular weight is 567 g/mol. The molecule has 39 heavy (non-hydrogen) atoms. The number of hydrogen-bond donors (Lipinski definition) is 0. The normalized spacial score (nSPS) is 12.9. The Hall–Kier alpha value is -4.41. The summed E-state index contributed by atoms with van der Waals surface area (Å²) in [4.78, 5) is 5.26. The van der Waals surface area contributed by atoms with Gasteiger partial charge in [0.2, 0.25) is 0 Å². The first kappa shape index (κ1) is 22.6. The minimum atomic E-state index is 0.950. The third-order valence-corrected chi connectivity index (χ3v) is 8.33. The Balaban J connectivity index is 1.53. The zero-order valence-electron chi connectivity index (χ0n) is 21.2. The summed E-state index contributed by atoms with van der Waals surface area (Å²) in [6.45, 7) is 0. The quantitative estimate of drug-likeness (QED) is 0.209. The van der Waals surface area contributed by atoms with Crippen LogP contribution in [0.4, 0.5) is 0 Å². The molecule has 0 radical (unpaired) electrons. The number of halogens is 1. The first-order valence-corrected chi connectivity index (χ1v) is 14.1. The molecule has 0 spiro atoms. The molecule has 1 aliphatic carbocycles. The van der Waals surface area contributed by atoms with E-state index < -0.39 is 0 Å². The van der Waals surface area contributed by atoms with Gasteiger partial charge in [0.25, 0.3) is 0 Å². The van der Waals surface area contributed by atoms with Crippen LogP contribution in [0.5, 0.6) is 0 Å². The number of hydrogen-bond acceptors (Lipinski definition) is 1. The summed E-state index contributed by atoms with van der Waals surface area (Å²) < 4.78 is 5.91. The number of rotatable bonds is 3. The van der Waals surface area contributed by atoms with E-state index in [4.69, 9.17) is 4.98 Å². The second kappa shape index (κ2) is 8.82. The van der Waals surface area contributed by atoms with E-state index in [0.717, 1.165) is 40.1 Å². The van der Waals surface area contributed by atoms with Crippen LogP contribution in [0.15, 0.2) is 120 Å². The molecule has 0 saturated heterocycles. The summed E-state index contributed by atoms with van der Waals surface area (Å²) >= 11 is 3.63. The van der Waals surface area contributed by atoms with Crippen molar-refractivity contribution >= 4 is 54.7 Å². The van der Waals surface area contributed by atoms with Gasteiger partial charge in [-0.2, -0.15) is 0 Å². The van der Waals surface area contributed by atoms with Gasteiger partial charge in [0.15, 0.2) is 0 Å². The molecule has 0 aliphatic heterocycles.